The SMILES string of the molecule is Cc1cc([C@@H]2C(C#N)=C(N)Oc3c2c(C(F)(F)C(F)(F)F)nn3-c2ccccc2)n(C)n1. The van der Waals surface area contributed by atoms with Crippen LogP contribution in [0.1, 0.15) is 28.6 Å². The quantitative estimate of drug-likeness (QED) is 0.613. The highest BCUT2D eigenvalue weighted by atomic mass is 19.4. The van der Waals surface area contributed by atoms with E-state index in [4.69, 9.17) is 10.5 Å². The van der Waals surface area contributed by atoms with Crippen molar-refractivity contribution in [1.29, 1.82) is 5.26 Å². The Bertz CT molecular complexity index is 1270. The normalized spacial score (nSPS) is 16.5. The number of aryl methyl sites for hydroxylation is 2. The van der Waals surface area contributed by atoms with E-state index in [1.54, 1.807) is 31.2 Å². The fraction of sp³-hybridized carbons (Fsp3) is 0.250. The summed E-state index contributed by atoms with van der Waals surface area (Å²) in [6, 6.07) is 10.9. The van der Waals surface area contributed by atoms with Crippen LogP contribution < -0.4 is 10.5 Å². The number of fused-ring (bicyclic) bond motifs is 1. The molecule has 1 atom stereocenters. The van der Waals surface area contributed by atoms with Gasteiger partial charge in [0.15, 0.2) is 0 Å². The van der Waals surface area contributed by atoms with Crippen LogP contribution in [0.25, 0.3) is 5.69 Å². The second-order valence-electron chi connectivity index (χ2n) is 7.15. The molecule has 2 N–H and O–H groups in total. The third kappa shape index (κ3) is 3.08. The number of ether oxygens (including phenoxy) is 1. The standard InChI is InChI=1S/C20H15F5N6O/c1-10-8-13(30(2)28-10)14-12(9-26)17(27)32-18-15(14)16(19(21,22)20(23,24)25)29-31(18)11-6-4-3-5-7-11/h3-8,14H,27H2,1-2H3/t14-/m0/s1. The minimum Gasteiger partial charge on any atom is -0.422 e. The maximum absolute atomic E-state index is 14.7. The number of nitriles is 1. The molecule has 1 aliphatic rings. The van der Waals surface area contributed by atoms with Crippen molar-refractivity contribution in [3.63, 3.8) is 0 Å². The van der Waals surface area contributed by atoms with Gasteiger partial charge in [-0.3, -0.25) is 4.68 Å². The molecule has 0 amide bonds. The highest BCUT2D eigenvalue weighted by Crippen LogP contribution is 2.52. The molecule has 166 valence electrons. The summed E-state index contributed by atoms with van der Waals surface area (Å²) in [5.74, 6) is -7.60. The number of aromatic nitrogens is 4. The fourth-order valence-electron chi connectivity index (χ4n) is 3.65. The fourth-order valence-corrected chi connectivity index (χ4v) is 3.65. The molecule has 3 heterocycles. The van der Waals surface area contributed by atoms with E-state index >= 15 is 0 Å². The Labute approximate surface area is 178 Å². The van der Waals surface area contributed by atoms with Crippen molar-refractivity contribution < 1.29 is 26.7 Å². The van der Waals surface area contributed by atoms with Crippen LogP contribution in [0.5, 0.6) is 5.88 Å². The van der Waals surface area contributed by atoms with Crippen molar-refractivity contribution >= 4 is 0 Å². The highest BCUT2D eigenvalue weighted by Gasteiger charge is 2.63. The smallest absolute Gasteiger partial charge is 0.422 e. The number of benzene rings is 1. The molecule has 0 spiro atoms. The first-order valence-electron chi connectivity index (χ1n) is 9.18. The van der Waals surface area contributed by atoms with E-state index in [1.807, 2.05) is 0 Å². The van der Waals surface area contributed by atoms with Crippen molar-refractivity contribution in [2.45, 2.75) is 24.9 Å². The third-order valence-corrected chi connectivity index (χ3v) is 5.04. The van der Waals surface area contributed by atoms with Crippen molar-refractivity contribution in [2.24, 2.45) is 12.8 Å². The Morgan fingerprint density at radius 2 is 1.78 bits per heavy atom. The van der Waals surface area contributed by atoms with Crippen LogP contribution in [-0.2, 0) is 13.0 Å². The van der Waals surface area contributed by atoms with E-state index < -0.39 is 41.0 Å². The van der Waals surface area contributed by atoms with Gasteiger partial charge in [-0.15, -0.1) is 0 Å². The summed E-state index contributed by atoms with van der Waals surface area (Å²) in [5.41, 5.74) is 4.20. The Morgan fingerprint density at radius 1 is 1.12 bits per heavy atom. The van der Waals surface area contributed by atoms with E-state index in [9.17, 15) is 27.2 Å². The summed E-state index contributed by atoms with van der Waals surface area (Å²) in [6.45, 7) is 1.61. The van der Waals surface area contributed by atoms with Gasteiger partial charge in [0, 0.05) is 7.05 Å². The number of nitrogens with two attached hydrogens (primary N) is 1. The number of hydrogen-bond donors (Lipinski definition) is 1. The summed E-state index contributed by atoms with van der Waals surface area (Å²) in [7, 11) is 1.48. The van der Waals surface area contributed by atoms with Crippen LogP contribution in [0, 0.1) is 18.3 Å². The number of allylic oxidation sites excluding steroid dienone is 1. The molecule has 32 heavy (non-hydrogen) atoms. The van der Waals surface area contributed by atoms with Crippen LogP contribution in [0.2, 0.25) is 0 Å². The van der Waals surface area contributed by atoms with Gasteiger partial charge in [-0.25, -0.2) is 0 Å². The van der Waals surface area contributed by atoms with Gasteiger partial charge >= 0.3 is 12.1 Å². The largest absolute Gasteiger partial charge is 0.459 e. The molecule has 12 heteroatoms. The van der Waals surface area contributed by atoms with Crippen molar-refractivity contribution in [1.82, 2.24) is 19.6 Å². The summed E-state index contributed by atoms with van der Waals surface area (Å²) in [5, 5.41) is 17.4. The van der Waals surface area contributed by atoms with E-state index in [2.05, 4.69) is 10.2 Å². The summed E-state index contributed by atoms with van der Waals surface area (Å²) >= 11 is 0. The molecule has 4 rings (SSSR count). The summed E-state index contributed by atoms with van der Waals surface area (Å²) in [4.78, 5) is 0. The van der Waals surface area contributed by atoms with Crippen LogP contribution in [0.15, 0.2) is 47.9 Å². The lowest BCUT2D eigenvalue weighted by Gasteiger charge is -2.26. The molecule has 7 nitrogen and oxygen atoms in total. The third-order valence-electron chi connectivity index (χ3n) is 5.04. The zero-order valence-corrected chi connectivity index (χ0v) is 16.7. The summed E-state index contributed by atoms with van der Waals surface area (Å²) < 4.78 is 77.1. The molecule has 1 aliphatic heterocycles. The minimum absolute atomic E-state index is 0.168. The average Bonchev–Trinajstić information content (AvgIpc) is 3.26. The maximum Gasteiger partial charge on any atom is 0.459 e. The number of rotatable bonds is 3. The second kappa shape index (κ2) is 7.08. The lowest BCUT2D eigenvalue weighted by molar-refractivity contribution is -0.291. The van der Waals surface area contributed by atoms with Crippen molar-refractivity contribution in [3.05, 3.63) is 70.5 Å². The molecule has 0 radical (unpaired) electrons. The molecule has 0 bridgehead atoms. The van der Waals surface area contributed by atoms with Crippen LogP contribution in [0.3, 0.4) is 0 Å². The number of nitrogens with zero attached hydrogens (tertiary/aromatic N) is 5. The first kappa shape index (κ1) is 21.4. The molecule has 0 fully saturated rings. The van der Waals surface area contributed by atoms with Gasteiger partial charge in [0.25, 0.3) is 0 Å². The van der Waals surface area contributed by atoms with E-state index in [-0.39, 0.29) is 17.0 Å². The highest BCUT2D eigenvalue weighted by molar-refractivity contribution is 5.57. The van der Waals surface area contributed by atoms with Gasteiger partial charge in [-0.05, 0) is 25.1 Å². The first-order valence-corrected chi connectivity index (χ1v) is 9.18. The van der Waals surface area contributed by atoms with Gasteiger partial charge in [-0.1, -0.05) is 18.2 Å². The average molecular weight is 450 g/mol. The zero-order valence-electron chi connectivity index (χ0n) is 16.7. The molecular formula is C20H15F5N6O. The van der Waals surface area contributed by atoms with Gasteiger partial charge in [0.05, 0.1) is 28.6 Å². The number of halogens is 5. The van der Waals surface area contributed by atoms with E-state index in [0.717, 1.165) is 4.68 Å². The van der Waals surface area contributed by atoms with Crippen molar-refractivity contribution in [3.8, 4) is 17.6 Å². The molecule has 0 unspecified atom stereocenters. The van der Waals surface area contributed by atoms with Gasteiger partial charge in [0.1, 0.15) is 17.3 Å². The minimum atomic E-state index is -5.94. The topological polar surface area (TPSA) is 94.7 Å². The Balaban J connectivity index is 2.11. The lowest BCUT2D eigenvalue weighted by Crippen LogP contribution is -2.36. The van der Waals surface area contributed by atoms with E-state index in [1.165, 1.54) is 29.9 Å². The molecule has 0 saturated heterocycles. The first-order chi connectivity index (χ1) is 15.0. The maximum atomic E-state index is 14.7. The predicted octanol–water partition coefficient (Wildman–Crippen LogP) is 3.79. The Kier molecular flexibility index (Phi) is 4.73. The molecule has 1 aromatic carbocycles. The molecule has 3 aromatic rings. The van der Waals surface area contributed by atoms with Crippen LogP contribution in [-0.4, -0.2) is 25.7 Å². The van der Waals surface area contributed by atoms with Crippen LogP contribution in [0.4, 0.5) is 22.0 Å². The predicted molar refractivity (Wildman–Crippen MR) is 101 cm³/mol. The van der Waals surface area contributed by atoms with Gasteiger partial charge < -0.3 is 10.5 Å². The summed E-state index contributed by atoms with van der Waals surface area (Å²) in [6.07, 6.45) is -5.94. The molecule has 2 aromatic heterocycles. The molecular weight excluding hydrogens is 435 g/mol. The molecule has 0 aliphatic carbocycles. The number of hydrogen-bond acceptors (Lipinski definition) is 5. The number of alkyl halides is 5. The van der Waals surface area contributed by atoms with Crippen LogP contribution >= 0.6 is 0 Å². The zero-order chi connectivity index (χ0) is 23.4. The van der Waals surface area contributed by atoms with Gasteiger partial charge in [-0.2, -0.15) is 42.1 Å². The Hall–Kier alpha value is -3.88. The van der Waals surface area contributed by atoms with Crippen molar-refractivity contribution in [2.75, 3.05) is 0 Å². The monoisotopic (exact) mass is 450 g/mol. The van der Waals surface area contributed by atoms with E-state index in [0.29, 0.717) is 5.69 Å². The second-order valence-corrected chi connectivity index (χ2v) is 7.15. The lowest BCUT2D eigenvalue weighted by atomic mass is 9.85. The van der Waals surface area contributed by atoms with Gasteiger partial charge in [0.2, 0.25) is 11.8 Å². The Morgan fingerprint density at radius 3 is 2.31 bits per heavy atom. The number of para-hydroxylation sites is 1. The molecule has 0 saturated carbocycles.